The summed E-state index contributed by atoms with van der Waals surface area (Å²) in [6.07, 6.45) is 0. The molecule has 0 aliphatic heterocycles. The standard InChI is InChI=1S/C20H18BrNO/c21-19-12-18(17-4-2-1-3-5-17)10-11-20(19)23-14-16-8-6-15(13-22)7-9-16/h1-12H,13-14,22H2. The fourth-order valence-electron chi connectivity index (χ4n) is 2.36. The van der Waals surface area contributed by atoms with E-state index in [1.807, 2.05) is 36.4 Å². The largest absolute Gasteiger partial charge is 0.488 e. The molecule has 0 unspecified atom stereocenters. The lowest BCUT2D eigenvalue weighted by Crippen LogP contribution is -1.99. The van der Waals surface area contributed by atoms with Crippen LogP contribution in [-0.4, -0.2) is 0 Å². The normalized spacial score (nSPS) is 10.5. The second kappa shape index (κ2) is 7.44. The van der Waals surface area contributed by atoms with Crippen molar-refractivity contribution >= 4 is 15.9 Å². The van der Waals surface area contributed by atoms with Gasteiger partial charge in [-0.05, 0) is 50.3 Å². The minimum Gasteiger partial charge on any atom is -0.488 e. The highest BCUT2D eigenvalue weighted by atomic mass is 79.9. The number of hydrogen-bond donors (Lipinski definition) is 1. The maximum absolute atomic E-state index is 5.91. The third-order valence-electron chi connectivity index (χ3n) is 3.69. The molecule has 0 aliphatic carbocycles. The van der Waals surface area contributed by atoms with Crippen molar-refractivity contribution in [3.63, 3.8) is 0 Å². The van der Waals surface area contributed by atoms with Crippen LogP contribution in [0.4, 0.5) is 0 Å². The van der Waals surface area contributed by atoms with Crippen LogP contribution in [0.25, 0.3) is 11.1 Å². The van der Waals surface area contributed by atoms with Gasteiger partial charge in [0.05, 0.1) is 4.47 Å². The molecule has 3 aromatic carbocycles. The molecule has 0 heterocycles. The van der Waals surface area contributed by atoms with E-state index < -0.39 is 0 Å². The Morgan fingerprint density at radius 3 is 2.13 bits per heavy atom. The zero-order chi connectivity index (χ0) is 16.1. The molecule has 3 heteroatoms. The molecule has 0 amide bonds. The fraction of sp³-hybridized carbons (Fsp3) is 0.100. The summed E-state index contributed by atoms with van der Waals surface area (Å²) in [5, 5.41) is 0. The Labute approximate surface area is 145 Å². The summed E-state index contributed by atoms with van der Waals surface area (Å²) in [7, 11) is 0. The van der Waals surface area contributed by atoms with Gasteiger partial charge in [-0.3, -0.25) is 0 Å². The van der Waals surface area contributed by atoms with Gasteiger partial charge >= 0.3 is 0 Å². The molecule has 0 saturated heterocycles. The number of nitrogens with two attached hydrogens (primary N) is 1. The summed E-state index contributed by atoms with van der Waals surface area (Å²) >= 11 is 3.60. The molecule has 0 aliphatic rings. The number of halogens is 1. The van der Waals surface area contributed by atoms with Gasteiger partial charge in [0, 0.05) is 6.54 Å². The zero-order valence-electron chi connectivity index (χ0n) is 12.7. The van der Waals surface area contributed by atoms with Crippen LogP contribution in [0.15, 0.2) is 77.3 Å². The van der Waals surface area contributed by atoms with Gasteiger partial charge in [0.25, 0.3) is 0 Å². The molecule has 2 N–H and O–H groups in total. The minimum absolute atomic E-state index is 0.536. The van der Waals surface area contributed by atoms with Crippen molar-refractivity contribution in [2.75, 3.05) is 0 Å². The van der Waals surface area contributed by atoms with E-state index in [1.54, 1.807) is 0 Å². The van der Waals surface area contributed by atoms with E-state index in [2.05, 4.69) is 52.3 Å². The lowest BCUT2D eigenvalue weighted by molar-refractivity contribution is 0.304. The van der Waals surface area contributed by atoms with Gasteiger partial charge in [0.2, 0.25) is 0 Å². The van der Waals surface area contributed by atoms with Crippen LogP contribution in [0, 0.1) is 0 Å². The molecule has 2 nitrogen and oxygen atoms in total. The van der Waals surface area contributed by atoms with Gasteiger partial charge in [0.15, 0.2) is 0 Å². The molecule has 0 aromatic heterocycles. The van der Waals surface area contributed by atoms with Crippen LogP contribution in [0.1, 0.15) is 11.1 Å². The average molecular weight is 368 g/mol. The monoisotopic (exact) mass is 367 g/mol. The average Bonchev–Trinajstić information content (AvgIpc) is 2.62. The summed E-state index contributed by atoms with van der Waals surface area (Å²) in [5.74, 6) is 0.840. The lowest BCUT2D eigenvalue weighted by Gasteiger charge is -2.10. The molecule has 23 heavy (non-hydrogen) atoms. The molecule has 3 rings (SSSR count). The first-order valence-electron chi connectivity index (χ1n) is 7.52. The van der Waals surface area contributed by atoms with Gasteiger partial charge in [0.1, 0.15) is 12.4 Å². The third kappa shape index (κ3) is 4.01. The van der Waals surface area contributed by atoms with Gasteiger partial charge in [-0.25, -0.2) is 0 Å². The van der Waals surface area contributed by atoms with Crippen molar-refractivity contribution < 1.29 is 4.74 Å². The Morgan fingerprint density at radius 1 is 0.783 bits per heavy atom. The topological polar surface area (TPSA) is 35.2 Å². The summed E-state index contributed by atoms with van der Waals surface area (Å²) in [4.78, 5) is 0. The Morgan fingerprint density at radius 2 is 1.48 bits per heavy atom. The zero-order valence-corrected chi connectivity index (χ0v) is 14.3. The summed E-state index contributed by atoms with van der Waals surface area (Å²) in [6.45, 7) is 1.10. The lowest BCUT2D eigenvalue weighted by atomic mass is 10.1. The Balaban J connectivity index is 1.71. The summed E-state index contributed by atoms with van der Waals surface area (Å²) in [6, 6.07) is 24.6. The smallest absolute Gasteiger partial charge is 0.134 e. The molecule has 0 fully saturated rings. The third-order valence-corrected chi connectivity index (χ3v) is 4.31. The van der Waals surface area contributed by atoms with Crippen LogP contribution in [0.2, 0.25) is 0 Å². The van der Waals surface area contributed by atoms with Crippen LogP contribution in [0.5, 0.6) is 5.75 Å². The molecular formula is C20H18BrNO. The second-order valence-corrected chi connectivity index (χ2v) is 6.17. The molecular weight excluding hydrogens is 350 g/mol. The van der Waals surface area contributed by atoms with Crippen molar-refractivity contribution in [2.45, 2.75) is 13.2 Å². The minimum atomic E-state index is 0.536. The Hall–Kier alpha value is -2.10. The predicted octanol–water partition coefficient (Wildman–Crippen LogP) is 5.15. The van der Waals surface area contributed by atoms with Crippen LogP contribution >= 0.6 is 15.9 Å². The van der Waals surface area contributed by atoms with E-state index in [-0.39, 0.29) is 0 Å². The first-order chi connectivity index (χ1) is 11.3. The van der Waals surface area contributed by atoms with Crippen molar-refractivity contribution in [3.8, 4) is 16.9 Å². The van der Waals surface area contributed by atoms with Crippen molar-refractivity contribution in [1.82, 2.24) is 0 Å². The highest BCUT2D eigenvalue weighted by Crippen LogP contribution is 2.31. The maximum Gasteiger partial charge on any atom is 0.134 e. The van der Waals surface area contributed by atoms with E-state index in [9.17, 15) is 0 Å². The molecule has 0 atom stereocenters. The van der Waals surface area contributed by atoms with E-state index in [0.717, 1.165) is 26.9 Å². The highest BCUT2D eigenvalue weighted by molar-refractivity contribution is 9.10. The maximum atomic E-state index is 5.91. The van der Waals surface area contributed by atoms with Gasteiger partial charge < -0.3 is 10.5 Å². The number of rotatable bonds is 5. The molecule has 3 aromatic rings. The van der Waals surface area contributed by atoms with Crippen molar-refractivity contribution in [2.24, 2.45) is 5.73 Å². The van der Waals surface area contributed by atoms with E-state index in [4.69, 9.17) is 10.5 Å². The predicted molar refractivity (Wildman–Crippen MR) is 98.2 cm³/mol. The van der Waals surface area contributed by atoms with E-state index in [0.29, 0.717) is 13.2 Å². The quantitative estimate of drug-likeness (QED) is 0.676. The van der Waals surface area contributed by atoms with E-state index >= 15 is 0 Å². The van der Waals surface area contributed by atoms with E-state index in [1.165, 1.54) is 5.56 Å². The SMILES string of the molecule is NCc1ccc(COc2ccc(-c3ccccc3)cc2Br)cc1. The molecule has 0 bridgehead atoms. The summed E-state index contributed by atoms with van der Waals surface area (Å²) in [5.41, 5.74) is 10.2. The first kappa shape index (κ1) is 15.8. The fourth-order valence-corrected chi connectivity index (χ4v) is 2.85. The molecule has 0 radical (unpaired) electrons. The summed E-state index contributed by atoms with van der Waals surface area (Å²) < 4.78 is 6.87. The second-order valence-electron chi connectivity index (χ2n) is 5.32. The Bertz CT molecular complexity index is 769. The van der Waals surface area contributed by atoms with Gasteiger partial charge in [-0.2, -0.15) is 0 Å². The van der Waals surface area contributed by atoms with Gasteiger partial charge in [-0.1, -0.05) is 60.7 Å². The Kier molecular flexibility index (Phi) is 5.11. The highest BCUT2D eigenvalue weighted by Gasteiger charge is 2.05. The van der Waals surface area contributed by atoms with Crippen molar-refractivity contribution in [3.05, 3.63) is 88.4 Å². The first-order valence-corrected chi connectivity index (χ1v) is 8.31. The van der Waals surface area contributed by atoms with Crippen LogP contribution < -0.4 is 10.5 Å². The molecule has 0 saturated carbocycles. The van der Waals surface area contributed by atoms with Crippen molar-refractivity contribution in [1.29, 1.82) is 0 Å². The van der Waals surface area contributed by atoms with Crippen LogP contribution in [-0.2, 0) is 13.2 Å². The van der Waals surface area contributed by atoms with Crippen LogP contribution in [0.3, 0.4) is 0 Å². The van der Waals surface area contributed by atoms with Gasteiger partial charge in [-0.15, -0.1) is 0 Å². The molecule has 0 spiro atoms. The molecule has 116 valence electrons. The number of benzene rings is 3. The number of hydrogen-bond acceptors (Lipinski definition) is 2. The number of ether oxygens (including phenoxy) is 1.